The molecule has 0 aliphatic carbocycles. The summed E-state index contributed by atoms with van der Waals surface area (Å²) >= 11 is 0. The van der Waals surface area contributed by atoms with E-state index in [1.54, 1.807) is 7.11 Å². The smallest absolute Gasteiger partial charge is 0.123 e. The summed E-state index contributed by atoms with van der Waals surface area (Å²) in [4.78, 5) is 2.45. The average molecular weight is 264 g/mol. The van der Waals surface area contributed by atoms with Gasteiger partial charge < -0.3 is 14.8 Å². The molecule has 1 atom stereocenters. The zero-order valence-electron chi connectivity index (χ0n) is 11.9. The van der Waals surface area contributed by atoms with Crippen molar-refractivity contribution < 1.29 is 9.47 Å². The molecular formula is C15H24N2O2. The largest absolute Gasteiger partial charge is 0.496 e. The standard InChI is InChI=1S/C15H24N2O2/c1-13(12-17-7-9-19-10-8-17)16-11-14-5-3-4-6-15(14)18-2/h3-6,13,16H,7-12H2,1-2H3. The molecule has 1 aromatic rings. The highest BCUT2D eigenvalue weighted by atomic mass is 16.5. The zero-order chi connectivity index (χ0) is 13.5. The normalized spacial score (nSPS) is 18.2. The van der Waals surface area contributed by atoms with Gasteiger partial charge in [-0.05, 0) is 13.0 Å². The van der Waals surface area contributed by atoms with E-state index in [0.29, 0.717) is 6.04 Å². The van der Waals surface area contributed by atoms with Crippen LogP contribution in [0.3, 0.4) is 0 Å². The summed E-state index contributed by atoms with van der Waals surface area (Å²) in [6, 6.07) is 8.62. The molecule has 1 fully saturated rings. The molecule has 0 amide bonds. The molecule has 2 rings (SSSR count). The van der Waals surface area contributed by atoms with E-state index < -0.39 is 0 Å². The molecule has 1 aliphatic heterocycles. The fourth-order valence-electron chi connectivity index (χ4n) is 2.37. The van der Waals surface area contributed by atoms with Crippen molar-refractivity contribution in [3.05, 3.63) is 29.8 Å². The van der Waals surface area contributed by atoms with Crippen LogP contribution in [0.2, 0.25) is 0 Å². The first-order valence-electron chi connectivity index (χ1n) is 6.95. The summed E-state index contributed by atoms with van der Waals surface area (Å²) in [5.41, 5.74) is 1.21. The Labute approximate surface area is 115 Å². The number of morpholine rings is 1. The molecule has 0 saturated carbocycles. The van der Waals surface area contributed by atoms with Gasteiger partial charge in [0.1, 0.15) is 5.75 Å². The first kappa shape index (κ1) is 14.3. The maximum Gasteiger partial charge on any atom is 0.123 e. The monoisotopic (exact) mass is 264 g/mol. The highest BCUT2D eigenvalue weighted by molar-refractivity contribution is 5.32. The second-order valence-electron chi connectivity index (χ2n) is 5.01. The van der Waals surface area contributed by atoms with Crippen molar-refractivity contribution >= 4 is 0 Å². The molecular weight excluding hydrogens is 240 g/mol. The van der Waals surface area contributed by atoms with Crippen LogP contribution in [0.4, 0.5) is 0 Å². The van der Waals surface area contributed by atoms with E-state index in [-0.39, 0.29) is 0 Å². The van der Waals surface area contributed by atoms with Crippen LogP contribution in [0.1, 0.15) is 12.5 Å². The average Bonchev–Trinajstić information content (AvgIpc) is 2.46. The minimum atomic E-state index is 0.461. The van der Waals surface area contributed by atoms with E-state index in [9.17, 15) is 0 Å². The highest BCUT2D eigenvalue weighted by Gasteiger charge is 2.13. The fourth-order valence-corrected chi connectivity index (χ4v) is 2.37. The van der Waals surface area contributed by atoms with Gasteiger partial charge in [-0.2, -0.15) is 0 Å². The Kier molecular flexibility index (Phi) is 5.63. The summed E-state index contributed by atoms with van der Waals surface area (Å²) < 4.78 is 10.7. The number of hydrogen-bond donors (Lipinski definition) is 1. The lowest BCUT2D eigenvalue weighted by atomic mass is 10.2. The molecule has 4 heteroatoms. The van der Waals surface area contributed by atoms with Crippen molar-refractivity contribution in [3.8, 4) is 5.75 Å². The number of para-hydroxylation sites is 1. The second kappa shape index (κ2) is 7.48. The zero-order valence-corrected chi connectivity index (χ0v) is 11.9. The molecule has 1 aromatic carbocycles. The SMILES string of the molecule is COc1ccccc1CNC(C)CN1CCOCC1. The molecule has 106 valence electrons. The predicted octanol–water partition coefficient (Wildman–Crippen LogP) is 1.51. The lowest BCUT2D eigenvalue weighted by molar-refractivity contribution is 0.0343. The summed E-state index contributed by atoms with van der Waals surface area (Å²) in [6.45, 7) is 7.94. The third kappa shape index (κ3) is 4.49. The van der Waals surface area contributed by atoms with Gasteiger partial charge in [-0.15, -0.1) is 0 Å². The van der Waals surface area contributed by atoms with E-state index in [4.69, 9.17) is 9.47 Å². The molecule has 1 heterocycles. The highest BCUT2D eigenvalue weighted by Crippen LogP contribution is 2.16. The maximum absolute atomic E-state index is 5.36. The summed E-state index contributed by atoms with van der Waals surface area (Å²) in [7, 11) is 1.72. The van der Waals surface area contributed by atoms with Crippen LogP contribution in [0.25, 0.3) is 0 Å². The molecule has 0 aromatic heterocycles. The number of rotatable bonds is 6. The molecule has 0 bridgehead atoms. The summed E-state index contributed by atoms with van der Waals surface area (Å²) in [5.74, 6) is 0.952. The summed E-state index contributed by atoms with van der Waals surface area (Å²) in [5, 5.41) is 3.56. The van der Waals surface area contributed by atoms with Gasteiger partial charge in [-0.3, -0.25) is 4.90 Å². The van der Waals surface area contributed by atoms with Crippen molar-refractivity contribution in [2.75, 3.05) is 40.0 Å². The lowest BCUT2D eigenvalue weighted by Crippen LogP contribution is -2.44. The van der Waals surface area contributed by atoms with Crippen LogP contribution < -0.4 is 10.1 Å². The van der Waals surface area contributed by atoms with E-state index >= 15 is 0 Å². The van der Waals surface area contributed by atoms with Gasteiger partial charge in [-0.25, -0.2) is 0 Å². The topological polar surface area (TPSA) is 33.7 Å². The van der Waals surface area contributed by atoms with Gasteiger partial charge in [0.25, 0.3) is 0 Å². The molecule has 1 saturated heterocycles. The Morgan fingerprint density at radius 2 is 2.05 bits per heavy atom. The number of ether oxygens (including phenoxy) is 2. The van der Waals surface area contributed by atoms with Gasteiger partial charge >= 0.3 is 0 Å². The van der Waals surface area contributed by atoms with Crippen LogP contribution in [0, 0.1) is 0 Å². The number of benzene rings is 1. The van der Waals surface area contributed by atoms with Gasteiger partial charge in [0, 0.05) is 37.8 Å². The van der Waals surface area contributed by atoms with Crippen molar-refractivity contribution in [2.24, 2.45) is 0 Å². The maximum atomic E-state index is 5.36. The van der Waals surface area contributed by atoms with Gasteiger partial charge in [0.15, 0.2) is 0 Å². The minimum Gasteiger partial charge on any atom is -0.496 e. The Balaban J connectivity index is 1.77. The molecule has 1 aliphatic rings. The Morgan fingerprint density at radius 1 is 1.32 bits per heavy atom. The molecule has 19 heavy (non-hydrogen) atoms. The number of methoxy groups -OCH3 is 1. The van der Waals surface area contributed by atoms with Crippen LogP contribution >= 0.6 is 0 Å². The van der Waals surface area contributed by atoms with Crippen molar-refractivity contribution in [1.29, 1.82) is 0 Å². The van der Waals surface area contributed by atoms with Crippen molar-refractivity contribution in [1.82, 2.24) is 10.2 Å². The van der Waals surface area contributed by atoms with Gasteiger partial charge in [0.05, 0.1) is 20.3 Å². The first-order chi connectivity index (χ1) is 9.29. The van der Waals surface area contributed by atoms with Crippen molar-refractivity contribution in [3.63, 3.8) is 0 Å². The number of nitrogens with one attached hydrogen (secondary N) is 1. The van der Waals surface area contributed by atoms with Crippen LogP contribution in [0.15, 0.2) is 24.3 Å². The predicted molar refractivity (Wildman–Crippen MR) is 76.6 cm³/mol. The molecule has 4 nitrogen and oxygen atoms in total. The first-order valence-corrected chi connectivity index (χ1v) is 6.95. The van der Waals surface area contributed by atoms with E-state index in [1.807, 2.05) is 18.2 Å². The van der Waals surface area contributed by atoms with Crippen molar-refractivity contribution in [2.45, 2.75) is 19.5 Å². The lowest BCUT2D eigenvalue weighted by Gasteiger charge is -2.29. The molecule has 1 N–H and O–H groups in total. The molecule has 0 spiro atoms. The van der Waals surface area contributed by atoms with Crippen LogP contribution in [-0.4, -0.2) is 50.9 Å². The van der Waals surface area contributed by atoms with Gasteiger partial charge in [-0.1, -0.05) is 18.2 Å². The number of hydrogen-bond acceptors (Lipinski definition) is 4. The second-order valence-corrected chi connectivity index (χ2v) is 5.01. The minimum absolute atomic E-state index is 0.461. The third-order valence-corrected chi connectivity index (χ3v) is 3.47. The van der Waals surface area contributed by atoms with Gasteiger partial charge in [0.2, 0.25) is 0 Å². The number of nitrogens with zero attached hydrogens (tertiary/aromatic N) is 1. The Bertz CT molecular complexity index is 378. The van der Waals surface area contributed by atoms with E-state index in [0.717, 1.165) is 45.1 Å². The van der Waals surface area contributed by atoms with Crippen LogP contribution in [-0.2, 0) is 11.3 Å². The summed E-state index contributed by atoms with van der Waals surface area (Å²) in [6.07, 6.45) is 0. The van der Waals surface area contributed by atoms with Crippen LogP contribution in [0.5, 0.6) is 5.75 Å². The quantitative estimate of drug-likeness (QED) is 0.844. The Hall–Kier alpha value is -1.10. The fraction of sp³-hybridized carbons (Fsp3) is 0.600. The Morgan fingerprint density at radius 3 is 2.79 bits per heavy atom. The molecule has 0 radical (unpaired) electrons. The molecule has 1 unspecified atom stereocenters. The van der Waals surface area contributed by atoms with E-state index in [2.05, 4.69) is 23.2 Å². The third-order valence-electron chi connectivity index (χ3n) is 3.47. The van der Waals surface area contributed by atoms with E-state index in [1.165, 1.54) is 5.56 Å².